The van der Waals surface area contributed by atoms with Gasteiger partial charge >= 0.3 is 5.97 Å². The van der Waals surface area contributed by atoms with Crippen molar-refractivity contribution in [1.29, 1.82) is 0 Å². The number of ketones is 1. The Hall–Kier alpha value is -3.13. The highest BCUT2D eigenvalue weighted by atomic mass is 32.1. The number of benzene rings is 1. The predicted molar refractivity (Wildman–Crippen MR) is 115 cm³/mol. The van der Waals surface area contributed by atoms with Crippen LogP contribution in [0.2, 0.25) is 0 Å². The summed E-state index contributed by atoms with van der Waals surface area (Å²) in [5.74, 6) is 0.214. The van der Waals surface area contributed by atoms with Crippen LogP contribution in [-0.4, -0.2) is 48.9 Å². The van der Waals surface area contributed by atoms with E-state index in [9.17, 15) is 14.4 Å². The second-order valence-electron chi connectivity index (χ2n) is 7.33. The summed E-state index contributed by atoms with van der Waals surface area (Å²) < 4.78 is 16.4. The Morgan fingerprint density at radius 3 is 2.97 bits per heavy atom. The van der Waals surface area contributed by atoms with Crippen LogP contribution in [0.5, 0.6) is 11.5 Å². The van der Waals surface area contributed by atoms with Gasteiger partial charge in [0.05, 0.1) is 18.1 Å². The number of Topliss-reactive ketones (excluding diaryl/α,β-unsaturated/α-hetero) is 1. The van der Waals surface area contributed by atoms with Crippen LogP contribution in [0.3, 0.4) is 0 Å². The molecular weight excluding hydrogens is 418 g/mol. The summed E-state index contributed by atoms with van der Waals surface area (Å²) in [5, 5.41) is 1.93. The van der Waals surface area contributed by atoms with E-state index in [4.69, 9.17) is 14.2 Å². The Morgan fingerprint density at radius 2 is 2.19 bits per heavy atom. The maximum atomic E-state index is 12.6. The number of likely N-dealkylation sites (tertiary alicyclic amines) is 1. The molecule has 0 saturated carbocycles. The van der Waals surface area contributed by atoms with Gasteiger partial charge in [0.2, 0.25) is 5.78 Å². The maximum absolute atomic E-state index is 12.6. The first kappa shape index (κ1) is 21.1. The predicted octanol–water partition coefficient (Wildman–Crippen LogP) is 3.54. The molecule has 1 aromatic carbocycles. The molecule has 2 aliphatic rings. The van der Waals surface area contributed by atoms with E-state index in [-0.39, 0.29) is 35.9 Å². The Labute approximate surface area is 184 Å². The van der Waals surface area contributed by atoms with Crippen molar-refractivity contribution in [2.45, 2.75) is 19.8 Å². The van der Waals surface area contributed by atoms with Crippen molar-refractivity contribution in [1.82, 2.24) is 4.90 Å². The van der Waals surface area contributed by atoms with Crippen molar-refractivity contribution >= 4 is 35.1 Å². The third-order valence-corrected chi connectivity index (χ3v) is 6.03. The number of amides is 1. The molecule has 0 spiro atoms. The quantitative estimate of drug-likeness (QED) is 0.504. The molecule has 1 fully saturated rings. The second-order valence-corrected chi connectivity index (χ2v) is 8.31. The van der Waals surface area contributed by atoms with Gasteiger partial charge in [-0.15, -0.1) is 11.3 Å². The average molecular weight is 442 g/mol. The smallest absolute Gasteiger partial charge is 0.310 e. The van der Waals surface area contributed by atoms with Crippen LogP contribution in [0.15, 0.2) is 41.5 Å². The van der Waals surface area contributed by atoms with Crippen LogP contribution in [-0.2, 0) is 14.3 Å². The number of thiophene rings is 1. The number of ether oxygens (including phenoxy) is 3. The average Bonchev–Trinajstić information content (AvgIpc) is 3.40. The van der Waals surface area contributed by atoms with E-state index in [0.717, 1.165) is 17.7 Å². The van der Waals surface area contributed by atoms with Crippen molar-refractivity contribution in [3.63, 3.8) is 0 Å². The maximum Gasteiger partial charge on any atom is 0.310 e. The number of rotatable bonds is 6. The van der Waals surface area contributed by atoms with Crippen LogP contribution >= 0.6 is 11.3 Å². The topological polar surface area (TPSA) is 82.1 Å². The van der Waals surface area contributed by atoms with Crippen molar-refractivity contribution in [3.05, 3.63) is 51.9 Å². The molecular formula is C23H23NO6S. The highest BCUT2D eigenvalue weighted by molar-refractivity contribution is 7.10. The lowest BCUT2D eigenvalue weighted by atomic mass is 9.98. The molecule has 1 atom stereocenters. The summed E-state index contributed by atoms with van der Waals surface area (Å²) in [6.07, 6.45) is 3.19. The first-order valence-corrected chi connectivity index (χ1v) is 11.1. The summed E-state index contributed by atoms with van der Waals surface area (Å²) in [6, 6.07) is 8.73. The molecule has 4 rings (SSSR count). The zero-order chi connectivity index (χ0) is 21.8. The molecule has 1 amide bonds. The molecule has 1 aromatic heterocycles. The monoisotopic (exact) mass is 441 g/mol. The molecule has 8 heteroatoms. The van der Waals surface area contributed by atoms with Gasteiger partial charge in [0.25, 0.3) is 5.91 Å². The van der Waals surface area contributed by atoms with Crippen LogP contribution in [0, 0.1) is 5.92 Å². The fourth-order valence-electron chi connectivity index (χ4n) is 3.65. The van der Waals surface area contributed by atoms with E-state index >= 15 is 0 Å². The number of hydrogen-bond donors (Lipinski definition) is 0. The lowest BCUT2D eigenvalue weighted by Crippen LogP contribution is -2.44. The molecule has 3 heterocycles. The second kappa shape index (κ2) is 9.34. The molecule has 2 aromatic rings. The fourth-order valence-corrected chi connectivity index (χ4v) is 4.30. The summed E-state index contributed by atoms with van der Waals surface area (Å²) in [4.78, 5) is 39.6. The molecule has 7 nitrogen and oxygen atoms in total. The number of allylic oxidation sites excluding steroid dienone is 1. The summed E-state index contributed by atoms with van der Waals surface area (Å²) in [5.41, 5.74) is 0.467. The Balaban J connectivity index is 1.36. The SMILES string of the molecule is CCOC(=O)C1CCCN(C(=O)COc2ccc3c(c2)OC(=Cc2cccs2)C3=O)C1. The van der Waals surface area contributed by atoms with Crippen molar-refractivity contribution in [3.8, 4) is 11.5 Å². The highest BCUT2D eigenvalue weighted by Gasteiger charge is 2.30. The Kier molecular flexibility index (Phi) is 6.36. The first-order valence-electron chi connectivity index (χ1n) is 10.2. The fraction of sp³-hybridized carbons (Fsp3) is 0.348. The molecule has 31 heavy (non-hydrogen) atoms. The van der Waals surface area contributed by atoms with Crippen molar-refractivity contribution in [2.75, 3.05) is 26.3 Å². The third kappa shape index (κ3) is 4.80. The molecule has 2 aliphatic heterocycles. The van der Waals surface area contributed by atoms with Gasteiger partial charge < -0.3 is 19.1 Å². The van der Waals surface area contributed by atoms with E-state index < -0.39 is 0 Å². The van der Waals surface area contributed by atoms with E-state index in [0.29, 0.717) is 36.8 Å². The van der Waals surface area contributed by atoms with Crippen LogP contribution in [0.25, 0.3) is 6.08 Å². The minimum atomic E-state index is -0.286. The number of hydrogen-bond acceptors (Lipinski definition) is 7. The molecule has 0 aliphatic carbocycles. The molecule has 162 valence electrons. The van der Waals surface area contributed by atoms with Gasteiger partial charge in [-0.25, -0.2) is 0 Å². The van der Waals surface area contributed by atoms with Gasteiger partial charge in [0.15, 0.2) is 12.4 Å². The van der Waals surface area contributed by atoms with Gasteiger partial charge in [-0.1, -0.05) is 6.07 Å². The first-order chi connectivity index (χ1) is 15.0. The third-order valence-electron chi connectivity index (χ3n) is 5.21. The summed E-state index contributed by atoms with van der Waals surface area (Å²) in [6.45, 7) is 2.89. The van der Waals surface area contributed by atoms with E-state index in [1.165, 1.54) is 11.3 Å². The van der Waals surface area contributed by atoms with Crippen LogP contribution < -0.4 is 9.47 Å². The van der Waals surface area contributed by atoms with E-state index in [2.05, 4.69) is 0 Å². The number of carbonyl (C=O) groups is 3. The van der Waals surface area contributed by atoms with Gasteiger partial charge in [-0.05, 0) is 43.3 Å². The van der Waals surface area contributed by atoms with Gasteiger partial charge in [-0.3, -0.25) is 14.4 Å². The molecule has 0 N–H and O–H groups in total. The molecule has 1 saturated heterocycles. The largest absolute Gasteiger partial charge is 0.484 e. The Bertz CT molecular complexity index is 1010. The zero-order valence-electron chi connectivity index (χ0n) is 17.2. The van der Waals surface area contributed by atoms with Crippen LogP contribution in [0.1, 0.15) is 35.0 Å². The Morgan fingerprint density at radius 1 is 1.32 bits per heavy atom. The number of fused-ring (bicyclic) bond motifs is 1. The van der Waals surface area contributed by atoms with Crippen molar-refractivity contribution in [2.24, 2.45) is 5.92 Å². The number of carbonyl (C=O) groups excluding carboxylic acids is 3. The molecule has 0 radical (unpaired) electrons. The summed E-state index contributed by atoms with van der Waals surface area (Å²) >= 11 is 1.52. The lowest BCUT2D eigenvalue weighted by Gasteiger charge is -2.31. The van der Waals surface area contributed by atoms with Crippen molar-refractivity contribution < 1.29 is 28.6 Å². The highest BCUT2D eigenvalue weighted by Crippen LogP contribution is 2.35. The van der Waals surface area contributed by atoms with Gasteiger partial charge in [0.1, 0.15) is 11.5 Å². The number of piperidine rings is 1. The standard InChI is InChI=1S/C23H23NO6S/c1-2-28-23(27)15-5-3-9-24(13-15)21(25)14-29-16-7-8-18-19(11-16)30-20(22(18)26)12-17-6-4-10-31-17/h4,6-8,10-12,15H,2-3,5,9,13-14H2,1H3. The lowest BCUT2D eigenvalue weighted by molar-refractivity contribution is -0.151. The minimum absolute atomic E-state index is 0.153. The number of nitrogens with zero attached hydrogens (tertiary/aromatic N) is 1. The molecule has 1 unspecified atom stereocenters. The minimum Gasteiger partial charge on any atom is -0.484 e. The van der Waals surface area contributed by atoms with Gasteiger partial charge in [-0.2, -0.15) is 0 Å². The normalized spacial score (nSPS) is 19.1. The molecule has 0 bridgehead atoms. The van der Waals surface area contributed by atoms with E-state index in [1.54, 1.807) is 36.1 Å². The zero-order valence-corrected chi connectivity index (χ0v) is 18.0. The van der Waals surface area contributed by atoms with E-state index in [1.807, 2.05) is 17.5 Å². The van der Waals surface area contributed by atoms with Gasteiger partial charge in [0, 0.05) is 30.1 Å². The number of esters is 1. The van der Waals surface area contributed by atoms with Crippen LogP contribution in [0.4, 0.5) is 0 Å². The summed E-state index contributed by atoms with van der Waals surface area (Å²) in [7, 11) is 0.